The number of hydrogen-bond acceptors (Lipinski definition) is 3. The molecular weight excluding hydrogens is 329 g/mol. The van der Waals surface area contributed by atoms with Gasteiger partial charge in [0.05, 0.1) is 16.8 Å². The summed E-state index contributed by atoms with van der Waals surface area (Å²) in [5.41, 5.74) is 2.90. The first-order chi connectivity index (χ1) is 12.6. The second kappa shape index (κ2) is 6.83. The van der Waals surface area contributed by atoms with E-state index in [1.165, 1.54) is 30.8 Å². The highest BCUT2D eigenvalue weighted by Crippen LogP contribution is 2.29. The number of nitrogens with one attached hydrogen (secondary N) is 1. The summed E-state index contributed by atoms with van der Waals surface area (Å²) >= 11 is 0. The minimum absolute atomic E-state index is 0.0760. The number of halogens is 1. The van der Waals surface area contributed by atoms with Crippen LogP contribution in [0.3, 0.4) is 0 Å². The second-order valence-electron chi connectivity index (χ2n) is 6.99. The third-order valence-corrected chi connectivity index (χ3v) is 5.13. The molecule has 0 spiro atoms. The van der Waals surface area contributed by atoms with E-state index in [2.05, 4.69) is 33.9 Å². The smallest absolute Gasteiger partial charge is 0.198 e. The molecule has 1 aliphatic rings. The average molecular weight is 351 g/mol. The Bertz CT molecular complexity index is 938. The molecule has 1 fully saturated rings. The molecule has 0 unspecified atom stereocenters. The van der Waals surface area contributed by atoms with Crippen LogP contribution in [0, 0.1) is 11.7 Å². The number of rotatable bonds is 3. The predicted molar refractivity (Wildman–Crippen MR) is 104 cm³/mol. The van der Waals surface area contributed by atoms with Gasteiger partial charge in [-0.25, -0.2) is 4.39 Å². The fourth-order valence-corrected chi connectivity index (χ4v) is 3.50. The van der Waals surface area contributed by atoms with Crippen LogP contribution in [-0.2, 0) is 0 Å². The average Bonchev–Trinajstić information content (AvgIpc) is 2.98. The zero-order valence-electron chi connectivity index (χ0n) is 14.7. The van der Waals surface area contributed by atoms with Crippen LogP contribution >= 0.6 is 0 Å². The Balaban J connectivity index is 1.55. The van der Waals surface area contributed by atoms with E-state index in [1.54, 1.807) is 12.1 Å². The molecule has 5 heteroatoms. The first kappa shape index (κ1) is 16.6. The number of anilines is 1. The van der Waals surface area contributed by atoms with Gasteiger partial charge in [-0.15, -0.1) is 0 Å². The van der Waals surface area contributed by atoms with E-state index < -0.39 is 0 Å². The van der Waals surface area contributed by atoms with E-state index in [1.807, 2.05) is 12.1 Å². The Morgan fingerprint density at radius 3 is 2.62 bits per heavy atom. The molecule has 1 aliphatic heterocycles. The molecule has 0 bridgehead atoms. The number of hydrogen-bond donors (Lipinski definition) is 2. The summed E-state index contributed by atoms with van der Waals surface area (Å²) in [7, 11) is 0. The molecule has 0 radical (unpaired) electrons. The SMILES string of the molecule is CC1CCN(c2ccc(N=Cc3c(O)[nH]c4cccc(F)c34)cc2)CC1. The molecule has 4 nitrogen and oxygen atoms in total. The molecule has 1 saturated heterocycles. The minimum atomic E-state index is -0.379. The van der Waals surface area contributed by atoms with Crippen molar-refractivity contribution in [3.63, 3.8) is 0 Å². The fraction of sp³-hybridized carbons (Fsp3) is 0.286. The van der Waals surface area contributed by atoms with Crippen molar-refractivity contribution < 1.29 is 9.50 Å². The van der Waals surface area contributed by atoms with Gasteiger partial charge in [-0.3, -0.25) is 4.99 Å². The fourth-order valence-electron chi connectivity index (χ4n) is 3.50. The second-order valence-corrected chi connectivity index (χ2v) is 6.99. The standard InChI is InChI=1S/C21H22FN3O/c1-14-9-11-25(12-10-14)16-7-5-15(6-8-16)23-13-17-20-18(22)3-2-4-19(20)24-21(17)26/h2-8,13-14,24,26H,9-12H2,1H3. The largest absolute Gasteiger partial charge is 0.494 e. The zero-order chi connectivity index (χ0) is 18.1. The van der Waals surface area contributed by atoms with Crippen molar-refractivity contribution in [2.45, 2.75) is 19.8 Å². The Morgan fingerprint density at radius 2 is 1.88 bits per heavy atom. The summed E-state index contributed by atoms with van der Waals surface area (Å²) in [5.74, 6) is 0.349. The molecule has 0 saturated carbocycles. The monoisotopic (exact) mass is 351 g/mol. The molecule has 3 aromatic rings. The summed E-state index contributed by atoms with van der Waals surface area (Å²) in [6.07, 6.45) is 3.96. The zero-order valence-corrected chi connectivity index (χ0v) is 14.7. The molecule has 2 heterocycles. The summed E-state index contributed by atoms with van der Waals surface area (Å²) in [4.78, 5) is 9.58. The normalized spacial score (nSPS) is 16.0. The molecule has 0 atom stereocenters. The van der Waals surface area contributed by atoms with Crippen molar-refractivity contribution in [3.05, 3.63) is 53.8 Å². The number of piperidine rings is 1. The van der Waals surface area contributed by atoms with Gasteiger partial charge in [0.25, 0.3) is 0 Å². The van der Waals surface area contributed by atoms with Gasteiger partial charge >= 0.3 is 0 Å². The molecule has 0 aliphatic carbocycles. The number of benzene rings is 2. The highest BCUT2D eigenvalue weighted by molar-refractivity contribution is 6.02. The lowest BCUT2D eigenvalue weighted by Gasteiger charge is -2.32. The van der Waals surface area contributed by atoms with E-state index in [4.69, 9.17) is 0 Å². The van der Waals surface area contributed by atoms with Crippen LogP contribution in [0.25, 0.3) is 10.9 Å². The number of nitrogens with zero attached hydrogens (tertiary/aromatic N) is 2. The van der Waals surface area contributed by atoms with Crippen LogP contribution in [0.2, 0.25) is 0 Å². The lowest BCUT2D eigenvalue weighted by molar-refractivity contribution is 0.438. The first-order valence-corrected chi connectivity index (χ1v) is 9.00. The van der Waals surface area contributed by atoms with Gasteiger partial charge < -0.3 is 15.0 Å². The number of aromatic nitrogens is 1. The van der Waals surface area contributed by atoms with E-state index in [0.29, 0.717) is 16.5 Å². The van der Waals surface area contributed by atoms with Gasteiger partial charge in [-0.05, 0) is 55.2 Å². The summed E-state index contributed by atoms with van der Waals surface area (Å²) < 4.78 is 14.1. The first-order valence-electron chi connectivity index (χ1n) is 9.00. The van der Waals surface area contributed by atoms with E-state index >= 15 is 0 Å². The molecular formula is C21H22FN3O. The van der Waals surface area contributed by atoms with Crippen molar-refractivity contribution in [1.82, 2.24) is 4.98 Å². The third kappa shape index (κ3) is 3.17. The highest BCUT2D eigenvalue weighted by atomic mass is 19.1. The van der Waals surface area contributed by atoms with Crippen LogP contribution in [0.15, 0.2) is 47.5 Å². The highest BCUT2D eigenvalue weighted by Gasteiger charge is 2.16. The number of aromatic amines is 1. The maximum atomic E-state index is 14.1. The lowest BCUT2D eigenvalue weighted by atomic mass is 9.99. The maximum absolute atomic E-state index is 14.1. The predicted octanol–water partition coefficient (Wildman–Crippen LogP) is 5.00. The maximum Gasteiger partial charge on any atom is 0.198 e. The minimum Gasteiger partial charge on any atom is -0.494 e. The van der Waals surface area contributed by atoms with Crippen LogP contribution in [-0.4, -0.2) is 29.4 Å². The molecule has 1 aromatic heterocycles. The number of fused-ring (bicyclic) bond motifs is 1. The number of H-pyrrole nitrogens is 1. The van der Waals surface area contributed by atoms with E-state index in [0.717, 1.165) is 24.7 Å². The molecule has 4 rings (SSSR count). The van der Waals surface area contributed by atoms with E-state index in [9.17, 15) is 9.50 Å². The van der Waals surface area contributed by atoms with Crippen molar-refractivity contribution >= 4 is 28.5 Å². The Kier molecular flexibility index (Phi) is 4.37. The third-order valence-electron chi connectivity index (χ3n) is 5.13. The summed E-state index contributed by atoms with van der Waals surface area (Å²) in [6.45, 7) is 4.48. The van der Waals surface area contributed by atoms with Crippen LogP contribution in [0.4, 0.5) is 15.8 Å². The lowest BCUT2D eigenvalue weighted by Crippen LogP contribution is -2.32. The molecule has 2 N–H and O–H groups in total. The summed E-state index contributed by atoms with van der Waals surface area (Å²) in [5, 5.41) is 10.4. The Labute approximate surface area is 152 Å². The van der Waals surface area contributed by atoms with Gasteiger partial charge in [0.15, 0.2) is 5.88 Å². The van der Waals surface area contributed by atoms with Gasteiger partial charge in [0, 0.05) is 30.4 Å². The molecule has 134 valence electrons. The molecule has 26 heavy (non-hydrogen) atoms. The number of aromatic hydroxyl groups is 1. The van der Waals surface area contributed by atoms with Crippen molar-refractivity contribution in [2.75, 3.05) is 18.0 Å². The van der Waals surface area contributed by atoms with Gasteiger partial charge in [0.1, 0.15) is 5.82 Å². The number of aliphatic imine (C=N–C) groups is 1. The topological polar surface area (TPSA) is 51.6 Å². The van der Waals surface area contributed by atoms with Crippen LogP contribution in [0.5, 0.6) is 5.88 Å². The molecule has 2 aromatic carbocycles. The Hall–Kier alpha value is -2.82. The molecule has 0 amide bonds. The van der Waals surface area contributed by atoms with Crippen LogP contribution in [0.1, 0.15) is 25.3 Å². The van der Waals surface area contributed by atoms with E-state index in [-0.39, 0.29) is 11.7 Å². The van der Waals surface area contributed by atoms with Gasteiger partial charge in [0.2, 0.25) is 0 Å². The van der Waals surface area contributed by atoms with Gasteiger partial charge in [-0.1, -0.05) is 13.0 Å². The quantitative estimate of drug-likeness (QED) is 0.653. The summed E-state index contributed by atoms with van der Waals surface area (Å²) in [6, 6.07) is 12.7. The van der Waals surface area contributed by atoms with Crippen molar-refractivity contribution in [3.8, 4) is 5.88 Å². The van der Waals surface area contributed by atoms with Crippen LogP contribution < -0.4 is 4.90 Å². The van der Waals surface area contributed by atoms with Gasteiger partial charge in [-0.2, -0.15) is 0 Å². The van der Waals surface area contributed by atoms with Crippen molar-refractivity contribution in [1.29, 1.82) is 0 Å². The van der Waals surface area contributed by atoms with Crippen molar-refractivity contribution in [2.24, 2.45) is 10.9 Å². The Morgan fingerprint density at radius 1 is 1.15 bits per heavy atom.